The second kappa shape index (κ2) is 5.94. The van der Waals surface area contributed by atoms with Crippen LogP contribution in [0.3, 0.4) is 0 Å². The van der Waals surface area contributed by atoms with E-state index in [0.717, 1.165) is 6.92 Å². The molecule has 0 bridgehead atoms. The second-order valence-electron chi connectivity index (χ2n) is 3.78. The van der Waals surface area contributed by atoms with Crippen LogP contribution >= 0.6 is 11.6 Å². The molecule has 8 heteroatoms. The highest BCUT2D eigenvalue weighted by Crippen LogP contribution is 2.19. The summed E-state index contributed by atoms with van der Waals surface area (Å²) in [5.74, 6) is -4.78. The van der Waals surface area contributed by atoms with Crippen LogP contribution in [0, 0.1) is 11.6 Å². The first kappa shape index (κ1) is 15.3. The van der Waals surface area contributed by atoms with Crippen LogP contribution in [-0.4, -0.2) is 34.2 Å². The Balaban J connectivity index is 3.01. The lowest BCUT2D eigenvalue weighted by atomic mass is 10.1. The fourth-order valence-corrected chi connectivity index (χ4v) is 1.45. The molecule has 1 aromatic carbocycles. The average molecular weight is 294 g/mol. The van der Waals surface area contributed by atoms with E-state index in [2.05, 4.69) is 0 Å². The van der Waals surface area contributed by atoms with Gasteiger partial charge in [-0.2, -0.15) is 0 Å². The van der Waals surface area contributed by atoms with Crippen molar-refractivity contribution in [2.45, 2.75) is 19.1 Å². The van der Waals surface area contributed by atoms with Crippen molar-refractivity contribution >= 4 is 23.5 Å². The van der Waals surface area contributed by atoms with Crippen LogP contribution in [0.15, 0.2) is 12.1 Å². The Labute approximate surface area is 111 Å². The van der Waals surface area contributed by atoms with Crippen molar-refractivity contribution < 1.29 is 28.6 Å². The molecule has 0 radical (unpaired) electrons. The number of carbonyl (C=O) groups excluding carboxylic acids is 1. The molecule has 0 aliphatic heterocycles. The van der Waals surface area contributed by atoms with Gasteiger partial charge in [-0.05, 0) is 19.1 Å². The Hall–Kier alpha value is -1.73. The molecular formula is C11H10ClF2NO4. The van der Waals surface area contributed by atoms with Crippen LogP contribution < -0.4 is 5.32 Å². The Morgan fingerprint density at radius 1 is 1.32 bits per heavy atom. The third kappa shape index (κ3) is 3.62. The van der Waals surface area contributed by atoms with Gasteiger partial charge in [0.1, 0.15) is 11.6 Å². The quantitative estimate of drug-likeness (QED) is 0.728. The van der Waals surface area contributed by atoms with Gasteiger partial charge in [0.2, 0.25) is 0 Å². The van der Waals surface area contributed by atoms with E-state index in [1.807, 2.05) is 5.32 Å². The van der Waals surface area contributed by atoms with Crippen molar-refractivity contribution in [3.63, 3.8) is 0 Å². The highest BCUT2D eigenvalue weighted by molar-refractivity contribution is 6.30. The number of rotatable bonds is 4. The lowest BCUT2D eigenvalue weighted by Gasteiger charge is -2.17. The van der Waals surface area contributed by atoms with Gasteiger partial charge in [0.25, 0.3) is 5.91 Å². The van der Waals surface area contributed by atoms with Gasteiger partial charge in [0.15, 0.2) is 6.04 Å². The first-order valence-electron chi connectivity index (χ1n) is 5.10. The number of amides is 1. The number of carbonyl (C=O) groups is 2. The number of halogens is 3. The molecule has 0 aromatic heterocycles. The molecule has 0 aliphatic carbocycles. The van der Waals surface area contributed by atoms with Crippen molar-refractivity contribution in [2.75, 3.05) is 0 Å². The molecule has 0 heterocycles. The number of hydrogen-bond acceptors (Lipinski definition) is 3. The number of benzene rings is 1. The Morgan fingerprint density at radius 3 is 2.37 bits per heavy atom. The van der Waals surface area contributed by atoms with E-state index in [4.69, 9.17) is 21.8 Å². The summed E-state index contributed by atoms with van der Waals surface area (Å²) in [6.45, 7) is 1.14. The minimum atomic E-state index is -1.63. The van der Waals surface area contributed by atoms with Crippen LogP contribution in [-0.2, 0) is 4.79 Å². The number of aliphatic carboxylic acids is 1. The maximum atomic E-state index is 13.4. The van der Waals surface area contributed by atoms with Gasteiger partial charge in [0, 0.05) is 0 Å². The number of carboxylic acids is 1. The number of carboxylic acid groups (broad SMARTS) is 1. The summed E-state index contributed by atoms with van der Waals surface area (Å²) >= 11 is 5.32. The molecule has 2 atom stereocenters. The summed E-state index contributed by atoms with van der Waals surface area (Å²) in [6, 6.07) is -0.483. The highest BCUT2D eigenvalue weighted by atomic mass is 35.5. The fourth-order valence-electron chi connectivity index (χ4n) is 1.30. The van der Waals surface area contributed by atoms with Crippen LogP contribution in [0.1, 0.15) is 17.3 Å². The largest absolute Gasteiger partial charge is 0.480 e. The molecular weight excluding hydrogens is 284 g/mol. The van der Waals surface area contributed by atoms with Crippen LogP contribution in [0.5, 0.6) is 0 Å². The zero-order chi connectivity index (χ0) is 14.7. The molecule has 0 aliphatic rings. The van der Waals surface area contributed by atoms with Gasteiger partial charge < -0.3 is 15.5 Å². The lowest BCUT2D eigenvalue weighted by molar-refractivity contribution is -0.141. The number of aliphatic hydroxyl groups is 1. The standard InChI is InChI=1S/C11H10ClF2NO4/c1-4(16)9(11(18)19)15-10(17)5-2-8(14)6(12)3-7(5)13/h2-4,9,16H,1H3,(H,15,17)(H,18,19). The lowest BCUT2D eigenvalue weighted by Crippen LogP contribution is -2.47. The van der Waals surface area contributed by atoms with Gasteiger partial charge in [-0.3, -0.25) is 4.79 Å². The van der Waals surface area contributed by atoms with Gasteiger partial charge in [-0.15, -0.1) is 0 Å². The summed E-state index contributed by atoms with van der Waals surface area (Å²) in [5.41, 5.74) is -0.700. The summed E-state index contributed by atoms with van der Waals surface area (Å²) < 4.78 is 26.5. The summed E-state index contributed by atoms with van der Waals surface area (Å²) in [6.07, 6.45) is -1.40. The average Bonchev–Trinajstić information content (AvgIpc) is 2.29. The Bertz CT molecular complexity index is 522. The number of aliphatic hydroxyl groups excluding tert-OH is 1. The van der Waals surface area contributed by atoms with E-state index in [1.165, 1.54) is 0 Å². The fraction of sp³-hybridized carbons (Fsp3) is 0.273. The van der Waals surface area contributed by atoms with Crippen molar-refractivity contribution in [3.8, 4) is 0 Å². The predicted octanol–water partition coefficient (Wildman–Crippen LogP) is 1.18. The summed E-state index contributed by atoms with van der Waals surface area (Å²) in [4.78, 5) is 22.4. The van der Waals surface area contributed by atoms with Crippen LogP contribution in [0.25, 0.3) is 0 Å². The van der Waals surface area contributed by atoms with E-state index in [-0.39, 0.29) is 0 Å². The van der Waals surface area contributed by atoms with E-state index >= 15 is 0 Å². The zero-order valence-electron chi connectivity index (χ0n) is 9.65. The van der Waals surface area contributed by atoms with Crippen molar-refractivity contribution in [1.82, 2.24) is 5.32 Å². The molecule has 0 saturated carbocycles. The summed E-state index contributed by atoms with van der Waals surface area (Å²) in [5, 5.41) is 19.3. The molecule has 0 fully saturated rings. The highest BCUT2D eigenvalue weighted by Gasteiger charge is 2.27. The molecule has 3 N–H and O–H groups in total. The van der Waals surface area contributed by atoms with Gasteiger partial charge in [0.05, 0.1) is 16.7 Å². The van der Waals surface area contributed by atoms with E-state index in [0.29, 0.717) is 12.1 Å². The zero-order valence-corrected chi connectivity index (χ0v) is 10.4. The van der Waals surface area contributed by atoms with Crippen LogP contribution in [0.4, 0.5) is 8.78 Å². The molecule has 104 valence electrons. The normalized spacial score (nSPS) is 13.7. The van der Waals surface area contributed by atoms with Crippen molar-refractivity contribution in [2.24, 2.45) is 0 Å². The van der Waals surface area contributed by atoms with E-state index < -0.39 is 46.2 Å². The monoisotopic (exact) mass is 293 g/mol. The molecule has 0 saturated heterocycles. The maximum absolute atomic E-state index is 13.4. The molecule has 0 spiro atoms. The molecule has 2 unspecified atom stereocenters. The van der Waals surface area contributed by atoms with Gasteiger partial charge >= 0.3 is 5.97 Å². The topological polar surface area (TPSA) is 86.6 Å². The first-order valence-corrected chi connectivity index (χ1v) is 5.48. The molecule has 5 nitrogen and oxygen atoms in total. The SMILES string of the molecule is CC(O)C(NC(=O)c1cc(F)c(Cl)cc1F)C(=O)O. The molecule has 1 amide bonds. The Kier molecular flexibility index (Phi) is 4.79. The van der Waals surface area contributed by atoms with E-state index in [1.54, 1.807) is 0 Å². The first-order chi connectivity index (χ1) is 8.73. The maximum Gasteiger partial charge on any atom is 0.328 e. The van der Waals surface area contributed by atoms with Gasteiger partial charge in [-0.25, -0.2) is 13.6 Å². The number of hydrogen-bond donors (Lipinski definition) is 3. The third-order valence-electron chi connectivity index (χ3n) is 2.29. The smallest absolute Gasteiger partial charge is 0.328 e. The van der Waals surface area contributed by atoms with Crippen LogP contribution in [0.2, 0.25) is 5.02 Å². The minimum absolute atomic E-state index is 0.501. The predicted molar refractivity (Wildman–Crippen MR) is 61.9 cm³/mol. The second-order valence-corrected chi connectivity index (χ2v) is 4.18. The molecule has 19 heavy (non-hydrogen) atoms. The third-order valence-corrected chi connectivity index (χ3v) is 2.58. The van der Waals surface area contributed by atoms with Crippen molar-refractivity contribution in [3.05, 3.63) is 34.4 Å². The molecule has 1 aromatic rings. The van der Waals surface area contributed by atoms with Crippen molar-refractivity contribution in [1.29, 1.82) is 0 Å². The van der Waals surface area contributed by atoms with Gasteiger partial charge in [-0.1, -0.05) is 11.6 Å². The summed E-state index contributed by atoms with van der Waals surface area (Å²) in [7, 11) is 0. The van der Waals surface area contributed by atoms with E-state index in [9.17, 15) is 18.4 Å². The minimum Gasteiger partial charge on any atom is -0.480 e. The molecule has 1 rings (SSSR count). The Morgan fingerprint density at radius 2 is 1.89 bits per heavy atom. The number of nitrogens with one attached hydrogen (secondary N) is 1.